The molecule has 3 nitrogen and oxygen atoms in total. The van der Waals surface area contributed by atoms with E-state index in [0.29, 0.717) is 11.8 Å². The van der Waals surface area contributed by atoms with Gasteiger partial charge in [-0.1, -0.05) is 0 Å². The van der Waals surface area contributed by atoms with Gasteiger partial charge in [-0.3, -0.25) is 0 Å². The molecule has 15 heavy (non-hydrogen) atoms. The molecule has 0 amide bonds. The summed E-state index contributed by atoms with van der Waals surface area (Å²) < 4.78 is 50.8. The minimum atomic E-state index is -3.37. The van der Waals surface area contributed by atoms with E-state index in [-0.39, 0.29) is 17.9 Å². The van der Waals surface area contributed by atoms with Gasteiger partial charge in [0, 0.05) is 0 Å². The van der Waals surface area contributed by atoms with Crippen LogP contribution < -0.4 is 0 Å². The van der Waals surface area contributed by atoms with Crippen molar-refractivity contribution in [1.29, 1.82) is 0 Å². The van der Waals surface area contributed by atoms with E-state index < -0.39 is 15.9 Å². The minimum Gasteiger partial charge on any atom is -0.468 e. The van der Waals surface area contributed by atoms with Crippen LogP contribution in [0.5, 0.6) is 0 Å². The number of hydrogen-bond donors (Lipinski definition) is 0. The van der Waals surface area contributed by atoms with E-state index >= 15 is 0 Å². The Labute approximate surface area is 86.3 Å². The first-order valence-corrected chi connectivity index (χ1v) is 6.06. The lowest BCUT2D eigenvalue weighted by molar-refractivity contribution is 0.418. The van der Waals surface area contributed by atoms with Crippen molar-refractivity contribution < 1.29 is 21.6 Å². The fourth-order valence-electron chi connectivity index (χ4n) is 1.03. The Morgan fingerprint density at radius 2 is 2.20 bits per heavy atom. The quantitative estimate of drug-likeness (QED) is 0.788. The Morgan fingerprint density at radius 1 is 1.47 bits per heavy atom. The van der Waals surface area contributed by atoms with Crippen LogP contribution in [0.15, 0.2) is 35.0 Å². The van der Waals surface area contributed by atoms with E-state index in [1.165, 1.54) is 12.3 Å². The van der Waals surface area contributed by atoms with Crippen LogP contribution in [0.3, 0.4) is 0 Å². The summed E-state index contributed by atoms with van der Waals surface area (Å²) in [6, 6.07) is 3.11. The summed E-state index contributed by atoms with van der Waals surface area (Å²) in [6.45, 7) is 0. The largest absolute Gasteiger partial charge is 0.468 e. The second-order valence-electron chi connectivity index (χ2n) is 2.95. The summed E-state index contributed by atoms with van der Waals surface area (Å²) in [4.78, 5) is 0. The molecular weight excluding hydrogens is 226 g/mol. The molecule has 0 atom stereocenters. The predicted molar refractivity (Wildman–Crippen MR) is 51.1 cm³/mol. The summed E-state index contributed by atoms with van der Waals surface area (Å²) in [5.74, 6) is -0.230. The maximum Gasteiger partial charge on any atom is 0.266 e. The lowest BCUT2D eigenvalue weighted by atomic mass is 10.5. The Bertz CT molecular complexity index is 416. The van der Waals surface area contributed by atoms with Crippen LogP contribution in [0, 0.1) is 0 Å². The van der Waals surface area contributed by atoms with E-state index in [0.717, 1.165) is 0 Å². The number of sulfone groups is 1. The molecule has 6 heteroatoms. The van der Waals surface area contributed by atoms with Gasteiger partial charge >= 0.3 is 0 Å². The first-order valence-electron chi connectivity index (χ1n) is 4.23. The molecule has 0 unspecified atom stereocenters. The Kier molecular flexibility index (Phi) is 4.02. The van der Waals surface area contributed by atoms with Gasteiger partial charge in [0.05, 0.1) is 12.0 Å². The van der Waals surface area contributed by atoms with Gasteiger partial charge in [-0.25, -0.2) is 8.42 Å². The summed E-state index contributed by atoms with van der Waals surface area (Å²) in [6.07, 6.45) is -0.0694. The number of rotatable bonds is 5. The van der Waals surface area contributed by atoms with Crippen LogP contribution in [-0.4, -0.2) is 14.2 Å². The number of halogens is 2. The monoisotopic (exact) mass is 236 g/mol. The third kappa shape index (κ3) is 4.73. The average molecular weight is 236 g/mol. The van der Waals surface area contributed by atoms with Crippen LogP contribution in [0.2, 0.25) is 0 Å². The van der Waals surface area contributed by atoms with Crippen molar-refractivity contribution >= 4 is 9.84 Å². The first kappa shape index (κ1) is 11.9. The van der Waals surface area contributed by atoms with Gasteiger partial charge in [0.15, 0.2) is 9.84 Å². The molecule has 1 heterocycles. The Balaban J connectivity index is 2.50. The van der Waals surface area contributed by atoms with Crippen molar-refractivity contribution in [2.45, 2.75) is 12.2 Å². The molecule has 0 radical (unpaired) electrons. The number of furan rings is 1. The molecule has 0 aliphatic carbocycles. The highest BCUT2D eigenvalue weighted by Crippen LogP contribution is 2.09. The lowest BCUT2D eigenvalue weighted by Gasteiger charge is -1.98. The lowest BCUT2D eigenvalue weighted by Crippen LogP contribution is -2.08. The molecular formula is C9H10F2O3S. The molecule has 0 saturated carbocycles. The molecule has 1 aromatic heterocycles. The maximum absolute atomic E-state index is 11.6. The number of hydrogen-bond acceptors (Lipinski definition) is 3. The number of allylic oxidation sites excluding steroid dienone is 1. The molecule has 0 bridgehead atoms. The first-order chi connectivity index (χ1) is 6.99. The van der Waals surface area contributed by atoms with Crippen LogP contribution in [0.1, 0.15) is 12.2 Å². The van der Waals surface area contributed by atoms with Gasteiger partial charge in [-0.15, -0.1) is 0 Å². The second kappa shape index (κ2) is 5.06. The van der Waals surface area contributed by atoms with Gasteiger partial charge in [0.25, 0.3) is 6.08 Å². The van der Waals surface area contributed by atoms with E-state index in [4.69, 9.17) is 4.42 Å². The molecule has 0 aliphatic heterocycles. The fraction of sp³-hybridized carbons (Fsp3) is 0.333. The summed E-state index contributed by atoms with van der Waals surface area (Å²) in [7, 11) is -3.37. The molecule has 0 aromatic carbocycles. The van der Waals surface area contributed by atoms with Gasteiger partial charge < -0.3 is 4.42 Å². The maximum atomic E-state index is 11.6. The van der Waals surface area contributed by atoms with E-state index in [9.17, 15) is 17.2 Å². The van der Waals surface area contributed by atoms with Crippen LogP contribution in [0.4, 0.5) is 8.78 Å². The Morgan fingerprint density at radius 3 is 2.73 bits per heavy atom. The molecule has 0 spiro atoms. The summed E-state index contributed by atoms with van der Waals surface area (Å²) in [5.41, 5.74) is 0. The van der Waals surface area contributed by atoms with Crippen molar-refractivity contribution in [3.8, 4) is 0 Å². The summed E-state index contributed by atoms with van der Waals surface area (Å²) in [5, 5.41) is 0. The average Bonchev–Trinajstić information content (AvgIpc) is 2.54. The van der Waals surface area contributed by atoms with Gasteiger partial charge in [0.1, 0.15) is 11.5 Å². The third-order valence-corrected chi connectivity index (χ3v) is 3.25. The normalized spacial score (nSPS) is 11.3. The molecule has 0 fully saturated rings. The molecule has 0 N–H and O–H groups in total. The van der Waals surface area contributed by atoms with E-state index in [2.05, 4.69) is 0 Å². The topological polar surface area (TPSA) is 47.3 Å². The molecule has 0 aliphatic rings. The second-order valence-corrected chi connectivity index (χ2v) is 5.14. The van der Waals surface area contributed by atoms with E-state index in [1.54, 1.807) is 6.07 Å². The Hall–Kier alpha value is -1.17. The SMILES string of the molecule is O=S(=O)(CCC=C(F)F)Cc1ccco1. The van der Waals surface area contributed by atoms with E-state index in [1.807, 2.05) is 0 Å². The van der Waals surface area contributed by atoms with Crippen LogP contribution in [-0.2, 0) is 15.6 Å². The van der Waals surface area contributed by atoms with Crippen molar-refractivity contribution in [3.63, 3.8) is 0 Å². The zero-order valence-corrected chi connectivity index (χ0v) is 8.64. The zero-order valence-electron chi connectivity index (χ0n) is 7.82. The highest BCUT2D eigenvalue weighted by atomic mass is 32.2. The smallest absolute Gasteiger partial charge is 0.266 e. The van der Waals surface area contributed by atoms with Crippen molar-refractivity contribution in [2.24, 2.45) is 0 Å². The van der Waals surface area contributed by atoms with Crippen molar-refractivity contribution in [2.75, 3.05) is 5.75 Å². The van der Waals surface area contributed by atoms with Crippen molar-refractivity contribution in [3.05, 3.63) is 36.3 Å². The van der Waals surface area contributed by atoms with Crippen LogP contribution in [0.25, 0.3) is 0 Å². The zero-order chi connectivity index (χ0) is 11.3. The minimum absolute atomic E-state index is 0.175. The summed E-state index contributed by atoms with van der Waals surface area (Å²) >= 11 is 0. The third-order valence-electron chi connectivity index (χ3n) is 1.67. The fourth-order valence-corrected chi connectivity index (χ4v) is 2.25. The predicted octanol–water partition coefficient (Wildman–Crippen LogP) is 2.36. The van der Waals surface area contributed by atoms with Crippen molar-refractivity contribution in [1.82, 2.24) is 0 Å². The van der Waals surface area contributed by atoms with Gasteiger partial charge in [-0.05, 0) is 24.6 Å². The molecule has 84 valence electrons. The van der Waals surface area contributed by atoms with Gasteiger partial charge in [0.2, 0.25) is 0 Å². The standard InChI is InChI=1S/C9H10F2O3S/c10-9(11)4-2-6-15(12,13)7-8-3-1-5-14-8/h1,3-5H,2,6-7H2. The highest BCUT2D eigenvalue weighted by Gasteiger charge is 2.12. The molecule has 1 aromatic rings. The molecule has 0 saturated heterocycles. The highest BCUT2D eigenvalue weighted by molar-refractivity contribution is 7.90. The molecule has 1 rings (SSSR count). The van der Waals surface area contributed by atoms with Gasteiger partial charge in [-0.2, -0.15) is 8.78 Å². The van der Waals surface area contributed by atoms with Crippen LogP contribution >= 0.6 is 0 Å².